The van der Waals surface area contributed by atoms with E-state index in [0.29, 0.717) is 41.0 Å². The maximum atomic E-state index is 13.6. The van der Waals surface area contributed by atoms with Crippen molar-refractivity contribution in [1.29, 1.82) is 0 Å². The third-order valence-corrected chi connectivity index (χ3v) is 9.99. The van der Waals surface area contributed by atoms with E-state index >= 15 is 0 Å². The molecule has 2 aliphatic heterocycles. The van der Waals surface area contributed by atoms with Crippen molar-refractivity contribution in [2.24, 2.45) is 5.73 Å². The highest BCUT2D eigenvalue weighted by Crippen LogP contribution is 2.42. The summed E-state index contributed by atoms with van der Waals surface area (Å²) in [5.74, 6) is -0.0861. The minimum absolute atomic E-state index is 0.0214. The van der Waals surface area contributed by atoms with Crippen molar-refractivity contribution < 1.29 is 21.9 Å². The third-order valence-electron chi connectivity index (χ3n) is 6.72. The molecule has 13 nitrogen and oxygen atoms in total. The lowest BCUT2D eigenvalue weighted by atomic mass is 9.98. The highest BCUT2D eigenvalue weighted by Gasteiger charge is 2.43. The van der Waals surface area contributed by atoms with Crippen molar-refractivity contribution >= 4 is 47.8 Å². The zero-order valence-corrected chi connectivity index (χ0v) is 21.5. The number of hydrogen-bond acceptors (Lipinski definition) is 12. The van der Waals surface area contributed by atoms with Crippen LogP contribution in [-0.4, -0.2) is 67.1 Å². The molecule has 5 unspecified atom stereocenters. The average molecular weight is 562 g/mol. The van der Waals surface area contributed by atoms with Crippen molar-refractivity contribution in [2.45, 2.75) is 53.3 Å². The molecule has 0 amide bonds. The van der Waals surface area contributed by atoms with Gasteiger partial charge in [-0.25, -0.2) is 18.1 Å². The van der Waals surface area contributed by atoms with Crippen LogP contribution in [0.25, 0.3) is 32.7 Å². The molecule has 2 fully saturated rings. The van der Waals surface area contributed by atoms with Gasteiger partial charge in [-0.15, -0.1) is 10.2 Å². The zero-order chi connectivity index (χ0) is 25.9. The number of H-pyrrole nitrogens is 1. The molecule has 0 aliphatic carbocycles. The maximum absolute atomic E-state index is 13.6. The normalized spacial score (nSPS) is 24.5. The molecule has 16 heteroatoms. The van der Waals surface area contributed by atoms with Crippen molar-refractivity contribution in [2.75, 3.05) is 5.73 Å². The fraction of sp³-hybridized carbons (Fsp3) is 0.333. The molecule has 2 aliphatic rings. The third kappa shape index (κ3) is 4.23. The van der Waals surface area contributed by atoms with E-state index in [1.54, 1.807) is 12.1 Å². The highest BCUT2D eigenvalue weighted by atomic mass is 32.2. The molecule has 4 aromatic rings. The Bertz CT molecular complexity index is 1620. The summed E-state index contributed by atoms with van der Waals surface area (Å²) in [7, 11) is -4.31. The molecule has 0 radical (unpaired) electrons. The monoisotopic (exact) mass is 561 g/mol. The SMILES string of the molecule is Nc1nc2c(-c3ccc(S(=O)(=O)NC4CCC5OC4CC5N)c(S(=O)[O-])c3-c3nn[nH]n3)cccc2s1. The van der Waals surface area contributed by atoms with Crippen LogP contribution in [0.4, 0.5) is 5.13 Å². The molecular weight excluding hydrogens is 540 g/mol. The Labute approximate surface area is 217 Å². The van der Waals surface area contributed by atoms with Crippen LogP contribution in [0, 0.1) is 0 Å². The van der Waals surface area contributed by atoms with Gasteiger partial charge in [0.05, 0.1) is 32.2 Å². The predicted molar refractivity (Wildman–Crippen MR) is 134 cm³/mol. The van der Waals surface area contributed by atoms with Gasteiger partial charge in [-0.3, -0.25) is 4.21 Å². The topological polar surface area (TPSA) is 215 Å². The van der Waals surface area contributed by atoms with E-state index in [0.717, 1.165) is 4.70 Å². The van der Waals surface area contributed by atoms with Gasteiger partial charge in [0.25, 0.3) is 0 Å². The van der Waals surface area contributed by atoms with Crippen LogP contribution >= 0.6 is 11.3 Å². The van der Waals surface area contributed by atoms with Crippen LogP contribution in [0.1, 0.15) is 19.3 Å². The smallest absolute Gasteiger partial charge is 0.242 e. The van der Waals surface area contributed by atoms with Crippen LogP contribution in [0.5, 0.6) is 0 Å². The van der Waals surface area contributed by atoms with Gasteiger partial charge in [0.1, 0.15) is 0 Å². The van der Waals surface area contributed by atoms with Crippen molar-refractivity contribution in [1.82, 2.24) is 30.3 Å². The summed E-state index contributed by atoms with van der Waals surface area (Å²) < 4.78 is 61.8. The Balaban J connectivity index is 1.52. The second-order valence-corrected chi connectivity index (χ2v) is 12.5. The molecular formula is C21H21N8O5S3-. The first-order valence-electron chi connectivity index (χ1n) is 11.3. The molecule has 0 spiro atoms. The van der Waals surface area contributed by atoms with Crippen LogP contribution in [0.2, 0.25) is 0 Å². The number of ether oxygens (including phenoxy) is 1. The first-order chi connectivity index (χ1) is 17.7. The van der Waals surface area contributed by atoms with Crippen LogP contribution < -0.4 is 16.2 Å². The molecule has 6 rings (SSSR count). The minimum atomic E-state index is -4.31. The van der Waals surface area contributed by atoms with Gasteiger partial charge in [-0.2, -0.15) is 5.21 Å². The number of para-hydroxylation sites is 1. The number of aromatic amines is 1. The summed E-state index contributed by atoms with van der Waals surface area (Å²) in [4.78, 5) is 3.47. The standard InChI is InChI=1S/C21H22N8O5S3/c22-11-8-14-12(5-6-13(11)34-14)27-37(32,33)16-7-4-9(10-2-1-3-15-18(10)24-21(23)35-15)17(19(16)36(30)31)20-25-28-29-26-20/h1-4,7,11-14,27H,5-6,8,22H2,(H2,23,24)(H,30,31)(H,25,26,28,29)/p-1. The van der Waals surface area contributed by atoms with Crippen LogP contribution in [0.15, 0.2) is 40.1 Å². The fourth-order valence-electron chi connectivity index (χ4n) is 5.11. The van der Waals surface area contributed by atoms with Crippen LogP contribution in [-0.2, 0) is 25.8 Å². The molecule has 194 valence electrons. The quantitative estimate of drug-likeness (QED) is 0.242. The summed E-state index contributed by atoms with van der Waals surface area (Å²) in [6.07, 6.45) is 1.18. The number of nitrogens with one attached hydrogen (secondary N) is 2. The number of tetrazole rings is 1. The van der Waals surface area contributed by atoms with Gasteiger partial charge in [-0.1, -0.05) is 29.5 Å². The van der Waals surface area contributed by atoms with E-state index < -0.39 is 36.9 Å². The first kappa shape index (κ1) is 24.5. The van der Waals surface area contributed by atoms with Crippen LogP contribution in [0.3, 0.4) is 0 Å². The fourth-order valence-corrected chi connectivity index (χ4v) is 8.39. The van der Waals surface area contributed by atoms with Crippen molar-refractivity contribution in [3.8, 4) is 22.5 Å². The highest BCUT2D eigenvalue weighted by molar-refractivity contribution is 7.90. The van der Waals surface area contributed by atoms with Gasteiger partial charge in [0, 0.05) is 23.2 Å². The largest absolute Gasteiger partial charge is 0.768 e. The van der Waals surface area contributed by atoms with Gasteiger partial charge in [-0.05, 0) is 53.3 Å². The average Bonchev–Trinajstić information content (AvgIpc) is 3.58. The number of nitrogens with zero attached hydrogens (tertiary/aromatic N) is 4. The minimum Gasteiger partial charge on any atom is -0.768 e. The lowest BCUT2D eigenvalue weighted by Crippen LogP contribution is -2.46. The number of aromatic nitrogens is 5. The number of hydrogen-bond donors (Lipinski definition) is 4. The van der Waals surface area contributed by atoms with E-state index in [-0.39, 0.29) is 29.6 Å². The molecule has 2 saturated heterocycles. The summed E-state index contributed by atoms with van der Waals surface area (Å²) in [6.45, 7) is 0. The molecule has 2 bridgehead atoms. The van der Waals surface area contributed by atoms with Crippen molar-refractivity contribution in [3.05, 3.63) is 30.3 Å². The predicted octanol–water partition coefficient (Wildman–Crippen LogP) is 0.889. The second-order valence-electron chi connectivity index (χ2n) is 8.91. The van der Waals surface area contributed by atoms with E-state index in [4.69, 9.17) is 16.2 Å². The first-order valence-corrected chi connectivity index (χ1v) is 14.7. The number of sulfonamides is 1. The number of rotatable bonds is 6. The maximum Gasteiger partial charge on any atom is 0.242 e. The number of nitrogens with two attached hydrogens (primary N) is 2. The number of thiazole rings is 1. The molecule has 6 N–H and O–H groups in total. The lowest BCUT2D eigenvalue weighted by Gasteiger charge is -2.30. The van der Waals surface area contributed by atoms with Gasteiger partial charge < -0.3 is 20.8 Å². The Morgan fingerprint density at radius 2 is 2.03 bits per heavy atom. The number of benzene rings is 2. The summed E-state index contributed by atoms with van der Waals surface area (Å²) in [5.41, 5.74) is 13.4. The Kier molecular flexibility index (Phi) is 6.06. The van der Waals surface area contributed by atoms with Gasteiger partial charge >= 0.3 is 0 Å². The molecule has 37 heavy (non-hydrogen) atoms. The Morgan fingerprint density at radius 3 is 2.78 bits per heavy atom. The summed E-state index contributed by atoms with van der Waals surface area (Å²) in [5, 5.41) is 14.1. The summed E-state index contributed by atoms with van der Waals surface area (Å²) >= 11 is -1.72. The van der Waals surface area contributed by atoms with Gasteiger partial charge in [0.2, 0.25) is 15.8 Å². The second kappa shape index (κ2) is 9.16. The lowest BCUT2D eigenvalue weighted by molar-refractivity contribution is -0.0135. The van der Waals surface area contributed by atoms with E-state index in [9.17, 15) is 17.2 Å². The Hall–Kier alpha value is -2.86. The number of fused-ring (bicyclic) bond motifs is 3. The molecule has 2 aromatic carbocycles. The zero-order valence-electron chi connectivity index (χ0n) is 19.0. The molecule has 2 aromatic heterocycles. The van der Waals surface area contributed by atoms with Gasteiger partial charge in [0.15, 0.2) is 5.13 Å². The number of anilines is 1. The summed E-state index contributed by atoms with van der Waals surface area (Å²) in [6, 6.07) is 7.43. The van der Waals surface area contributed by atoms with E-state index in [1.807, 2.05) is 6.07 Å². The number of nitrogen functional groups attached to an aromatic ring is 1. The Morgan fingerprint density at radius 1 is 1.19 bits per heavy atom. The van der Waals surface area contributed by atoms with E-state index in [2.05, 4.69) is 30.3 Å². The van der Waals surface area contributed by atoms with E-state index in [1.165, 1.54) is 23.5 Å². The molecule has 4 heterocycles. The molecule has 0 saturated carbocycles. The van der Waals surface area contributed by atoms with Crippen molar-refractivity contribution in [3.63, 3.8) is 0 Å². The molecule has 5 atom stereocenters.